The maximum Gasteiger partial charge on any atom is 0.277 e. The summed E-state index contributed by atoms with van der Waals surface area (Å²) in [6, 6.07) is 13.5. The molecular weight excluding hydrogens is 407 g/mol. The number of rotatable bonds is 7. The highest BCUT2D eigenvalue weighted by molar-refractivity contribution is 6.35. The van der Waals surface area contributed by atoms with Gasteiger partial charge in [-0.3, -0.25) is 14.5 Å². The summed E-state index contributed by atoms with van der Waals surface area (Å²) in [5, 5.41) is 0. The molecule has 0 radical (unpaired) electrons. The van der Waals surface area contributed by atoms with Crippen molar-refractivity contribution in [1.29, 1.82) is 0 Å². The number of imide groups is 1. The van der Waals surface area contributed by atoms with Gasteiger partial charge in [-0.1, -0.05) is 31.2 Å². The summed E-state index contributed by atoms with van der Waals surface area (Å²) in [4.78, 5) is 30.3. The number of amides is 2. The zero-order valence-electron chi connectivity index (χ0n) is 18.6. The van der Waals surface area contributed by atoms with E-state index in [9.17, 15) is 14.0 Å². The van der Waals surface area contributed by atoms with Crippen LogP contribution < -0.4 is 4.74 Å². The summed E-state index contributed by atoms with van der Waals surface area (Å²) in [5.41, 5.74) is 2.58. The third kappa shape index (κ3) is 4.54. The van der Waals surface area contributed by atoms with Crippen LogP contribution in [0.4, 0.5) is 4.39 Å². The predicted octanol–water partition coefficient (Wildman–Crippen LogP) is 4.28. The third-order valence-electron chi connectivity index (χ3n) is 6.23. The van der Waals surface area contributed by atoms with E-state index in [1.807, 2.05) is 31.2 Å². The quantitative estimate of drug-likeness (QED) is 0.608. The van der Waals surface area contributed by atoms with Gasteiger partial charge in [0.25, 0.3) is 11.8 Å². The summed E-state index contributed by atoms with van der Waals surface area (Å²) < 4.78 is 18.7. The molecular formula is C26H29FN2O3. The van der Waals surface area contributed by atoms with Crippen molar-refractivity contribution in [3.05, 3.63) is 71.2 Å². The SMILES string of the molecule is CCOc1ccc(C2=C(N3CCC(C)CC3)C(=O)N(CCc3ccc(F)cc3)C2=O)cc1. The van der Waals surface area contributed by atoms with Crippen LogP contribution in [0.2, 0.25) is 0 Å². The topological polar surface area (TPSA) is 49.9 Å². The molecule has 2 amide bonds. The monoisotopic (exact) mass is 436 g/mol. The molecule has 1 saturated heterocycles. The molecule has 0 bridgehead atoms. The summed E-state index contributed by atoms with van der Waals surface area (Å²) >= 11 is 0. The Morgan fingerprint density at radius 3 is 2.25 bits per heavy atom. The van der Waals surface area contributed by atoms with Crippen LogP contribution in [0, 0.1) is 11.7 Å². The van der Waals surface area contributed by atoms with Gasteiger partial charge in [-0.25, -0.2) is 4.39 Å². The number of piperidine rings is 1. The van der Waals surface area contributed by atoms with Crippen LogP contribution in [0.1, 0.15) is 37.8 Å². The molecule has 2 aromatic rings. The van der Waals surface area contributed by atoms with E-state index in [1.54, 1.807) is 12.1 Å². The highest BCUT2D eigenvalue weighted by atomic mass is 19.1. The fourth-order valence-electron chi connectivity index (χ4n) is 4.33. The second-order valence-corrected chi connectivity index (χ2v) is 8.49. The Balaban J connectivity index is 1.62. The summed E-state index contributed by atoms with van der Waals surface area (Å²) in [6.07, 6.45) is 2.48. The van der Waals surface area contributed by atoms with Crippen LogP contribution in [0.3, 0.4) is 0 Å². The third-order valence-corrected chi connectivity index (χ3v) is 6.23. The summed E-state index contributed by atoms with van der Waals surface area (Å²) in [5.74, 6) is 0.534. The lowest BCUT2D eigenvalue weighted by Crippen LogP contribution is -2.39. The van der Waals surface area contributed by atoms with Gasteiger partial charge < -0.3 is 9.64 Å². The van der Waals surface area contributed by atoms with Crippen LogP contribution >= 0.6 is 0 Å². The normalized spacial score (nSPS) is 17.5. The highest BCUT2D eigenvalue weighted by Crippen LogP contribution is 2.34. The van der Waals surface area contributed by atoms with E-state index in [1.165, 1.54) is 17.0 Å². The minimum Gasteiger partial charge on any atom is -0.494 e. The van der Waals surface area contributed by atoms with Crippen LogP contribution in [-0.2, 0) is 16.0 Å². The fraction of sp³-hybridized carbons (Fsp3) is 0.385. The second-order valence-electron chi connectivity index (χ2n) is 8.49. The number of carbonyl (C=O) groups is 2. The van der Waals surface area contributed by atoms with Crippen LogP contribution in [0.15, 0.2) is 54.2 Å². The Morgan fingerprint density at radius 1 is 0.969 bits per heavy atom. The first-order valence-electron chi connectivity index (χ1n) is 11.3. The maximum atomic E-state index is 13.4. The molecule has 2 heterocycles. The maximum absolute atomic E-state index is 13.4. The van der Waals surface area contributed by atoms with Crippen molar-refractivity contribution < 1.29 is 18.7 Å². The number of ether oxygens (including phenoxy) is 1. The van der Waals surface area contributed by atoms with Gasteiger partial charge >= 0.3 is 0 Å². The highest BCUT2D eigenvalue weighted by Gasteiger charge is 2.41. The molecule has 32 heavy (non-hydrogen) atoms. The number of hydrogen-bond donors (Lipinski definition) is 0. The van der Waals surface area contributed by atoms with Crippen molar-refractivity contribution in [1.82, 2.24) is 9.80 Å². The average Bonchev–Trinajstić information content (AvgIpc) is 3.04. The fourth-order valence-corrected chi connectivity index (χ4v) is 4.33. The lowest BCUT2D eigenvalue weighted by molar-refractivity contribution is -0.137. The van der Waals surface area contributed by atoms with E-state index in [0.717, 1.165) is 42.8 Å². The molecule has 1 fully saturated rings. The molecule has 0 atom stereocenters. The summed E-state index contributed by atoms with van der Waals surface area (Å²) in [7, 11) is 0. The Morgan fingerprint density at radius 2 is 1.62 bits per heavy atom. The van der Waals surface area contributed by atoms with E-state index in [4.69, 9.17) is 4.74 Å². The molecule has 4 rings (SSSR count). The van der Waals surface area contributed by atoms with Crippen LogP contribution in [0.5, 0.6) is 5.75 Å². The Kier molecular flexibility index (Phi) is 6.58. The zero-order valence-corrected chi connectivity index (χ0v) is 18.6. The van der Waals surface area contributed by atoms with E-state index in [0.29, 0.717) is 30.2 Å². The number of likely N-dealkylation sites (tertiary alicyclic amines) is 1. The second kappa shape index (κ2) is 9.55. The van der Waals surface area contributed by atoms with Gasteiger partial charge in [-0.05, 0) is 67.5 Å². The molecule has 2 aromatic carbocycles. The standard InChI is InChI=1S/C26H29FN2O3/c1-3-32-22-10-6-20(7-11-22)23-24(28-15-12-18(2)13-16-28)26(31)29(25(23)30)17-14-19-4-8-21(27)9-5-19/h4-11,18H,3,12-17H2,1-2H3. The van der Waals surface area contributed by atoms with Gasteiger partial charge in [0, 0.05) is 19.6 Å². The number of carbonyl (C=O) groups excluding carboxylic acids is 2. The first kappa shape index (κ1) is 22.1. The van der Waals surface area contributed by atoms with Gasteiger partial charge in [-0.15, -0.1) is 0 Å². The summed E-state index contributed by atoms with van der Waals surface area (Å²) in [6.45, 7) is 6.49. The Labute approximate surface area is 188 Å². The number of hydrogen-bond acceptors (Lipinski definition) is 4. The molecule has 2 aliphatic rings. The van der Waals surface area contributed by atoms with Gasteiger partial charge in [0.2, 0.25) is 0 Å². The molecule has 0 N–H and O–H groups in total. The smallest absolute Gasteiger partial charge is 0.277 e. The van der Waals surface area contributed by atoms with Crippen molar-refractivity contribution in [2.45, 2.75) is 33.1 Å². The molecule has 0 saturated carbocycles. The first-order chi connectivity index (χ1) is 15.5. The molecule has 2 aliphatic heterocycles. The predicted molar refractivity (Wildman–Crippen MR) is 121 cm³/mol. The van der Waals surface area contributed by atoms with Gasteiger partial charge in [0.15, 0.2) is 0 Å². The molecule has 168 valence electrons. The van der Waals surface area contributed by atoms with Crippen LogP contribution in [-0.4, -0.2) is 47.9 Å². The molecule has 0 aliphatic carbocycles. The number of halogens is 1. The van der Waals surface area contributed by atoms with E-state index < -0.39 is 0 Å². The minimum absolute atomic E-state index is 0.240. The van der Waals surface area contributed by atoms with Crippen molar-refractivity contribution in [3.63, 3.8) is 0 Å². The molecule has 0 unspecified atom stereocenters. The lowest BCUT2D eigenvalue weighted by atomic mass is 9.97. The van der Waals surface area contributed by atoms with Crippen molar-refractivity contribution in [3.8, 4) is 5.75 Å². The Bertz CT molecular complexity index is 1010. The zero-order chi connectivity index (χ0) is 22.7. The van der Waals surface area contributed by atoms with Gasteiger partial charge in [0.05, 0.1) is 12.2 Å². The molecule has 0 spiro atoms. The molecule has 5 nitrogen and oxygen atoms in total. The van der Waals surface area contributed by atoms with E-state index in [2.05, 4.69) is 11.8 Å². The largest absolute Gasteiger partial charge is 0.494 e. The number of nitrogens with zero attached hydrogens (tertiary/aromatic N) is 2. The van der Waals surface area contributed by atoms with Crippen molar-refractivity contribution >= 4 is 17.4 Å². The van der Waals surface area contributed by atoms with Gasteiger partial charge in [-0.2, -0.15) is 0 Å². The van der Waals surface area contributed by atoms with E-state index >= 15 is 0 Å². The van der Waals surface area contributed by atoms with Crippen LogP contribution in [0.25, 0.3) is 5.57 Å². The minimum atomic E-state index is -0.303. The lowest BCUT2D eigenvalue weighted by Gasteiger charge is -2.32. The molecule has 6 heteroatoms. The first-order valence-corrected chi connectivity index (χ1v) is 11.3. The van der Waals surface area contributed by atoms with Crippen molar-refractivity contribution in [2.75, 3.05) is 26.2 Å². The van der Waals surface area contributed by atoms with Gasteiger partial charge in [0.1, 0.15) is 17.3 Å². The average molecular weight is 437 g/mol. The van der Waals surface area contributed by atoms with Crippen molar-refractivity contribution in [2.24, 2.45) is 5.92 Å². The molecule has 0 aromatic heterocycles. The van der Waals surface area contributed by atoms with E-state index in [-0.39, 0.29) is 24.2 Å². The Hall–Kier alpha value is -3.15. The number of benzene rings is 2.